The Morgan fingerprint density at radius 3 is 2.30 bits per heavy atom. The number of hydrogen-bond acceptors (Lipinski definition) is 5. The molecule has 37 heavy (non-hydrogen) atoms. The summed E-state index contributed by atoms with van der Waals surface area (Å²) in [6.07, 6.45) is 7.39. The third kappa shape index (κ3) is 3.65. The monoisotopic (exact) mass is 493 g/mol. The van der Waals surface area contributed by atoms with Crippen LogP contribution in [-0.2, 0) is 10.2 Å². The molecule has 0 spiro atoms. The van der Waals surface area contributed by atoms with E-state index >= 15 is 0 Å². The van der Waals surface area contributed by atoms with Gasteiger partial charge in [-0.25, -0.2) is 9.78 Å². The van der Waals surface area contributed by atoms with Crippen molar-refractivity contribution in [3.8, 4) is 0 Å². The fraction of sp³-hybridized carbons (Fsp3) is 0.438. The van der Waals surface area contributed by atoms with Crippen molar-refractivity contribution < 1.29 is 9.53 Å². The largest absolute Gasteiger partial charge is 0.461 e. The van der Waals surface area contributed by atoms with Crippen LogP contribution in [0, 0.1) is 29.6 Å². The summed E-state index contributed by atoms with van der Waals surface area (Å²) < 4.78 is 5.06. The Bertz CT molecular complexity index is 1300. The Hall–Kier alpha value is -3.34. The molecule has 5 fully saturated rings. The molecule has 3 unspecified atom stereocenters. The topological polar surface area (TPSA) is 54.5 Å². The van der Waals surface area contributed by atoms with Crippen LogP contribution >= 0.6 is 0 Å². The first-order valence-electron chi connectivity index (χ1n) is 13.9. The minimum atomic E-state index is -0.408. The van der Waals surface area contributed by atoms with E-state index < -0.39 is 5.97 Å². The van der Waals surface area contributed by atoms with Gasteiger partial charge in [0.25, 0.3) is 0 Å². The number of aromatic nitrogens is 1. The van der Waals surface area contributed by atoms with E-state index in [9.17, 15) is 4.79 Å². The zero-order valence-corrected chi connectivity index (χ0v) is 21.7. The molecule has 0 amide bonds. The minimum Gasteiger partial charge on any atom is -0.461 e. The molecule has 8 rings (SSSR count). The van der Waals surface area contributed by atoms with Gasteiger partial charge in [0.05, 0.1) is 6.61 Å². The van der Waals surface area contributed by atoms with Gasteiger partial charge in [0.15, 0.2) is 5.69 Å². The summed E-state index contributed by atoms with van der Waals surface area (Å²) in [4.78, 5) is 18.6. The standard InChI is InChI=1S/C32H35N3O2/c1-3-37-31(36)28-5-4-6-29(34-28)33-24-9-13-26(14-10-24)35(2)25-11-7-23(8-12-25)32-18-21-15-20-16-22(19-32)30(21)27(32)17-20/h4-14,20-22,27,30H,3,15-19H2,1-2H3,(H,33,34). The Balaban J connectivity index is 1.05. The van der Waals surface area contributed by atoms with E-state index in [1.165, 1.54) is 37.8 Å². The number of anilines is 4. The van der Waals surface area contributed by atoms with Gasteiger partial charge in [-0.05, 0) is 128 Å². The maximum Gasteiger partial charge on any atom is 0.356 e. The van der Waals surface area contributed by atoms with Crippen molar-refractivity contribution in [2.75, 3.05) is 23.9 Å². The molecule has 0 saturated heterocycles. The smallest absolute Gasteiger partial charge is 0.356 e. The molecule has 5 aliphatic rings. The van der Waals surface area contributed by atoms with E-state index in [1.807, 2.05) is 18.2 Å². The lowest BCUT2D eigenvalue weighted by Gasteiger charge is -2.44. The molecule has 6 bridgehead atoms. The SMILES string of the molecule is CCOC(=O)c1cccc(Nc2ccc(N(C)c3ccc(C45CC6CC7CC(C4)C6C5C7)cc3)cc2)n1. The number of carbonyl (C=O) groups excluding carboxylic acids is 1. The third-order valence-corrected chi connectivity index (χ3v) is 9.97. The molecular formula is C32H35N3O2. The van der Waals surface area contributed by atoms with Crippen LogP contribution in [0.15, 0.2) is 66.7 Å². The molecular weight excluding hydrogens is 458 g/mol. The van der Waals surface area contributed by atoms with Gasteiger partial charge in [-0.1, -0.05) is 18.2 Å². The Kier molecular flexibility index (Phi) is 5.31. The number of ether oxygens (including phenoxy) is 1. The number of pyridine rings is 1. The van der Waals surface area contributed by atoms with E-state index in [-0.39, 0.29) is 0 Å². The van der Waals surface area contributed by atoms with Crippen molar-refractivity contribution in [3.63, 3.8) is 0 Å². The number of rotatable bonds is 7. The summed E-state index contributed by atoms with van der Waals surface area (Å²) in [5.74, 6) is 5.23. The molecule has 2 aromatic carbocycles. The second-order valence-electron chi connectivity index (χ2n) is 11.7. The Morgan fingerprint density at radius 2 is 1.65 bits per heavy atom. The van der Waals surface area contributed by atoms with Gasteiger partial charge < -0.3 is 15.0 Å². The summed E-state index contributed by atoms with van der Waals surface area (Å²) in [5, 5.41) is 3.29. The van der Waals surface area contributed by atoms with Crippen molar-refractivity contribution in [3.05, 3.63) is 78.0 Å². The van der Waals surface area contributed by atoms with E-state index in [0.717, 1.165) is 41.0 Å². The van der Waals surface area contributed by atoms with Gasteiger partial charge in [-0.3, -0.25) is 0 Å². The van der Waals surface area contributed by atoms with E-state index in [2.05, 4.69) is 58.6 Å². The van der Waals surface area contributed by atoms with E-state index in [0.29, 0.717) is 23.5 Å². The van der Waals surface area contributed by atoms with Gasteiger partial charge in [-0.2, -0.15) is 0 Å². The lowest BCUT2D eigenvalue weighted by Crippen LogP contribution is -2.36. The summed E-state index contributed by atoms with van der Waals surface area (Å²) in [6.45, 7) is 2.12. The second kappa shape index (κ2) is 8.61. The number of nitrogens with zero attached hydrogens (tertiary/aromatic N) is 2. The first-order chi connectivity index (χ1) is 18.0. The van der Waals surface area contributed by atoms with Crippen LogP contribution in [0.2, 0.25) is 0 Å². The Labute approximate surface area is 219 Å². The fourth-order valence-corrected chi connectivity index (χ4v) is 8.73. The summed E-state index contributed by atoms with van der Waals surface area (Å²) in [6, 6.07) is 23.1. The van der Waals surface area contributed by atoms with Gasteiger partial charge in [-0.15, -0.1) is 0 Å². The first-order valence-corrected chi connectivity index (χ1v) is 13.9. The molecule has 3 atom stereocenters. The maximum absolute atomic E-state index is 12.0. The average molecular weight is 494 g/mol. The van der Waals surface area contributed by atoms with Crippen molar-refractivity contribution in [1.82, 2.24) is 4.98 Å². The van der Waals surface area contributed by atoms with Crippen LogP contribution in [0.4, 0.5) is 22.9 Å². The maximum atomic E-state index is 12.0. The van der Waals surface area contributed by atoms with Gasteiger partial charge >= 0.3 is 5.97 Å². The highest BCUT2D eigenvalue weighted by atomic mass is 16.5. The summed E-state index contributed by atoms with van der Waals surface area (Å²) >= 11 is 0. The predicted octanol–water partition coefficient (Wildman–Crippen LogP) is 7.09. The molecule has 1 aromatic heterocycles. The van der Waals surface area contributed by atoms with Gasteiger partial charge in [0.2, 0.25) is 0 Å². The van der Waals surface area contributed by atoms with Crippen LogP contribution in [0.5, 0.6) is 0 Å². The van der Waals surface area contributed by atoms with Crippen molar-refractivity contribution >= 4 is 28.8 Å². The van der Waals surface area contributed by atoms with E-state index in [1.54, 1.807) is 24.6 Å². The number of esters is 1. The number of hydrogen-bond donors (Lipinski definition) is 1. The molecule has 0 aliphatic heterocycles. The number of benzene rings is 2. The lowest BCUT2D eigenvalue weighted by molar-refractivity contribution is 0.0494. The lowest BCUT2D eigenvalue weighted by atomic mass is 9.61. The predicted molar refractivity (Wildman–Crippen MR) is 147 cm³/mol. The molecule has 3 aromatic rings. The van der Waals surface area contributed by atoms with Crippen molar-refractivity contribution in [2.24, 2.45) is 29.6 Å². The van der Waals surface area contributed by atoms with Crippen molar-refractivity contribution in [1.29, 1.82) is 0 Å². The summed E-state index contributed by atoms with van der Waals surface area (Å²) in [5.41, 5.74) is 5.63. The van der Waals surface area contributed by atoms with Crippen LogP contribution in [0.25, 0.3) is 0 Å². The zero-order valence-electron chi connectivity index (χ0n) is 21.7. The first kappa shape index (κ1) is 22.8. The van der Waals surface area contributed by atoms with Crippen LogP contribution in [-0.4, -0.2) is 24.6 Å². The van der Waals surface area contributed by atoms with Gasteiger partial charge in [0.1, 0.15) is 5.82 Å². The minimum absolute atomic E-state index is 0.303. The molecule has 5 heteroatoms. The molecule has 1 heterocycles. The molecule has 190 valence electrons. The van der Waals surface area contributed by atoms with Gasteiger partial charge in [0, 0.05) is 24.1 Å². The highest BCUT2D eigenvalue weighted by molar-refractivity contribution is 5.87. The highest BCUT2D eigenvalue weighted by Gasteiger charge is 2.67. The quantitative estimate of drug-likeness (QED) is 0.356. The van der Waals surface area contributed by atoms with Crippen molar-refractivity contribution in [2.45, 2.75) is 44.4 Å². The number of nitrogens with one attached hydrogen (secondary N) is 1. The number of carbonyl (C=O) groups is 1. The van der Waals surface area contributed by atoms with E-state index in [4.69, 9.17) is 4.74 Å². The van der Waals surface area contributed by atoms with Crippen LogP contribution < -0.4 is 10.2 Å². The van der Waals surface area contributed by atoms with Crippen LogP contribution in [0.1, 0.15) is 55.1 Å². The zero-order chi connectivity index (χ0) is 25.1. The third-order valence-electron chi connectivity index (χ3n) is 9.97. The molecule has 1 N–H and O–H groups in total. The summed E-state index contributed by atoms with van der Waals surface area (Å²) in [7, 11) is 2.13. The average Bonchev–Trinajstić information content (AvgIpc) is 3.30. The van der Waals surface area contributed by atoms with Crippen LogP contribution in [0.3, 0.4) is 0 Å². The normalized spacial score (nSPS) is 30.5. The fourth-order valence-electron chi connectivity index (χ4n) is 8.73. The molecule has 0 radical (unpaired) electrons. The highest BCUT2D eigenvalue weighted by Crippen LogP contribution is 2.74. The molecule has 5 saturated carbocycles. The molecule has 5 aliphatic carbocycles. The second-order valence-corrected chi connectivity index (χ2v) is 11.7. The molecule has 5 nitrogen and oxygen atoms in total. The Morgan fingerprint density at radius 1 is 0.973 bits per heavy atom.